The summed E-state index contributed by atoms with van der Waals surface area (Å²) >= 11 is 0. The highest BCUT2D eigenvalue weighted by Crippen LogP contribution is 2.39. The van der Waals surface area contributed by atoms with Crippen molar-refractivity contribution in [2.24, 2.45) is 0 Å². The Balaban J connectivity index is 1.48. The Kier molecular flexibility index (Phi) is 9.70. The Morgan fingerprint density at radius 3 is 1.73 bits per heavy atom. The fourth-order valence-electron chi connectivity index (χ4n) is 5.85. The average Bonchev–Trinajstić information content (AvgIpc) is 3.06. The van der Waals surface area contributed by atoms with E-state index >= 15 is 0 Å². The highest BCUT2D eigenvalue weighted by atomic mass is 16.6. The third-order valence-electron chi connectivity index (χ3n) is 8.23. The molecule has 1 aromatic heterocycles. The molecule has 5 aromatic rings. The van der Waals surface area contributed by atoms with Gasteiger partial charge in [-0.15, -0.1) is 0 Å². The molecule has 44 heavy (non-hydrogen) atoms. The zero-order valence-corrected chi connectivity index (χ0v) is 25.8. The van der Waals surface area contributed by atoms with E-state index in [1.165, 1.54) is 16.8 Å². The number of rotatable bonds is 12. The van der Waals surface area contributed by atoms with Crippen molar-refractivity contribution in [3.8, 4) is 0 Å². The van der Waals surface area contributed by atoms with Crippen molar-refractivity contribution in [1.82, 2.24) is 4.98 Å². The molecule has 2 N–H and O–H groups in total. The molecule has 0 spiro atoms. The molecule has 0 amide bonds. The summed E-state index contributed by atoms with van der Waals surface area (Å²) < 4.78 is 0. The topological polar surface area (TPSA) is 80.1 Å². The minimum atomic E-state index is -0.330. The number of nitro benzene ring substituents is 1. The van der Waals surface area contributed by atoms with Gasteiger partial charge in [-0.25, -0.2) is 0 Å². The molecule has 0 radical (unpaired) electrons. The van der Waals surface area contributed by atoms with E-state index in [1.54, 1.807) is 12.1 Å². The molecule has 0 saturated carbocycles. The Bertz CT molecular complexity index is 1640. The lowest BCUT2D eigenvalue weighted by Gasteiger charge is -2.25. The number of aryl methyl sites for hydroxylation is 2. The molecule has 2 atom stereocenters. The standard InChI is InChI=1S/C38H40N4O2/c1-5-28-19-13-20-29(6-2)38(28)40-27(4)35-22-14-21-34(41-35)26(3)39-36-24-23-32(42(43)44)25-33(36)37(30-15-9-7-10-16-30)31-17-11-8-12-18-31/h7-27,37,39-40H,5-6H2,1-4H3. The molecule has 0 bridgehead atoms. The number of para-hydroxylation sites is 1. The van der Waals surface area contributed by atoms with Gasteiger partial charge in [0.15, 0.2) is 0 Å². The number of non-ortho nitro benzene ring substituents is 1. The van der Waals surface area contributed by atoms with Crippen LogP contribution in [0.4, 0.5) is 17.1 Å². The van der Waals surface area contributed by atoms with Crippen LogP contribution >= 0.6 is 0 Å². The average molecular weight is 585 g/mol. The maximum Gasteiger partial charge on any atom is 0.269 e. The fraction of sp³-hybridized carbons (Fsp3) is 0.237. The van der Waals surface area contributed by atoms with Crippen LogP contribution in [-0.2, 0) is 12.8 Å². The van der Waals surface area contributed by atoms with Crippen molar-refractivity contribution in [3.63, 3.8) is 0 Å². The predicted molar refractivity (Wildman–Crippen MR) is 180 cm³/mol. The van der Waals surface area contributed by atoms with Gasteiger partial charge in [0.25, 0.3) is 5.69 Å². The van der Waals surface area contributed by atoms with E-state index in [-0.39, 0.29) is 28.6 Å². The molecule has 0 aliphatic carbocycles. The normalized spacial score (nSPS) is 12.5. The quantitative estimate of drug-likeness (QED) is 0.0867. The van der Waals surface area contributed by atoms with E-state index < -0.39 is 0 Å². The van der Waals surface area contributed by atoms with Gasteiger partial charge < -0.3 is 10.6 Å². The SMILES string of the molecule is CCc1cccc(CC)c1NC(C)c1cccc(C(C)Nc2ccc([N+](=O)[O-])cc2C(c2ccccc2)c2ccccc2)n1. The molecular weight excluding hydrogens is 544 g/mol. The Labute approximate surface area is 260 Å². The minimum absolute atomic E-state index is 0.00984. The third kappa shape index (κ3) is 6.81. The summed E-state index contributed by atoms with van der Waals surface area (Å²) in [4.78, 5) is 16.6. The molecular formula is C38H40N4O2. The first-order chi connectivity index (χ1) is 21.4. The van der Waals surface area contributed by atoms with Crippen LogP contribution in [0.25, 0.3) is 0 Å². The van der Waals surface area contributed by atoms with Gasteiger partial charge in [-0.05, 0) is 72.7 Å². The van der Waals surface area contributed by atoms with Crippen molar-refractivity contribution >= 4 is 17.1 Å². The lowest BCUT2D eigenvalue weighted by Crippen LogP contribution is -2.16. The van der Waals surface area contributed by atoms with Crippen LogP contribution < -0.4 is 10.6 Å². The monoisotopic (exact) mass is 584 g/mol. The molecule has 224 valence electrons. The van der Waals surface area contributed by atoms with Crippen molar-refractivity contribution in [2.75, 3.05) is 10.6 Å². The highest BCUT2D eigenvalue weighted by Gasteiger charge is 2.24. The molecule has 0 aliphatic heterocycles. The van der Waals surface area contributed by atoms with Crippen molar-refractivity contribution in [3.05, 3.63) is 165 Å². The summed E-state index contributed by atoms with van der Waals surface area (Å²) in [5.74, 6) is -0.193. The Hall–Kier alpha value is -4.97. The second-order valence-electron chi connectivity index (χ2n) is 11.2. The van der Waals surface area contributed by atoms with E-state index in [0.717, 1.165) is 46.6 Å². The summed E-state index contributed by atoms with van der Waals surface area (Å²) in [6.07, 6.45) is 1.92. The number of aromatic nitrogens is 1. The number of benzene rings is 4. The smallest absolute Gasteiger partial charge is 0.269 e. The van der Waals surface area contributed by atoms with Crippen LogP contribution in [0.1, 0.15) is 84.9 Å². The number of anilines is 2. The highest BCUT2D eigenvalue weighted by molar-refractivity contribution is 5.63. The largest absolute Gasteiger partial charge is 0.377 e. The van der Waals surface area contributed by atoms with Crippen LogP contribution in [0, 0.1) is 10.1 Å². The lowest BCUT2D eigenvalue weighted by atomic mass is 9.84. The van der Waals surface area contributed by atoms with Gasteiger partial charge in [0.2, 0.25) is 0 Å². The number of hydrogen-bond acceptors (Lipinski definition) is 5. The van der Waals surface area contributed by atoms with Crippen LogP contribution in [0.3, 0.4) is 0 Å². The van der Waals surface area contributed by atoms with Gasteiger partial charge in [-0.1, -0.05) is 98.8 Å². The first-order valence-electron chi connectivity index (χ1n) is 15.4. The van der Waals surface area contributed by atoms with Crippen LogP contribution in [0.15, 0.2) is 115 Å². The summed E-state index contributed by atoms with van der Waals surface area (Å²) in [6.45, 7) is 8.60. The van der Waals surface area contributed by atoms with Gasteiger partial charge in [0, 0.05) is 29.4 Å². The molecule has 5 rings (SSSR count). The van der Waals surface area contributed by atoms with Crippen molar-refractivity contribution in [2.45, 2.75) is 58.5 Å². The van der Waals surface area contributed by atoms with E-state index in [0.29, 0.717) is 0 Å². The van der Waals surface area contributed by atoms with E-state index in [4.69, 9.17) is 4.98 Å². The molecule has 2 unspecified atom stereocenters. The van der Waals surface area contributed by atoms with E-state index in [2.05, 4.69) is 86.9 Å². The van der Waals surface area contributed by atoms with Crippen LogP contribution in [0.2, 0.25) is 0 Å². The van der Waals surface area contributed by atoms with Gasteiger partial charge in [0.05, 0.1) is 28.4 Å². The number of nitrogens with one attached hydrogen (secondary N) is 2. The maximum atomic E-state index is 11.9. The fourth-order valence-corrected chi connectivity index (χ4v) is 5.85. The van der Waals surface area contributed by atoms with Gasteiger partial charge in [-0.3, -0.25) is 15.1 Å². The summed E-state index contributed by atoms with van der Waals surface area (Å²) in [7, 11) is 0. The molecule has 0 saturated heterocycles. The maximum absolute atomic E-state index is 11.9. The molecule has 0 aliphatic rings. The molecule has 0 fully saturated rings. The van der Waals surface area contributed by atoms with Gasteiger partial charge >= 0.3 is 0 Å². The number of hydrogen-bond donors (Lipinski definition) is 2. The molecule has 6 heteroatoms. The summed E-state index contributed by atoms with van der Waals surface area (Å²) in [6, 6.07) is 37.9. The van der Waals surface area contributed by atoms with E-state index in [1.807, 2.05) is 54.6 Å². The molecule has 4 aromatic carbocycles. The first-order valence-corrected chi connectivity index (χ1v) is 15.4. The summed E-state index contributed by atoms with van der Waals surface area (Å²) in [5, 5.41) is 19.3. The molecule has 6 nitrogen and oxygen atoms in total. The number of pyridine rings is 1. The van der Waals surface area contributed by atoms with Gasteiger partial charge in [-0.2, -0.15) is 0 Å². The minimum Gasteiger partial charge on any atom is -0.377 e. The molecule has 1 heterocycles. The predicted octanol–water partition coefficient (Wildman–Crippen LogP) is 9.64. The van der Waals surface area contributed by atoms with Crippen LogP contribution in [-0.4, -0.2) is 9.91 Å². The second kappa shape index (κ2) is 14.0. The van der Waals surface area contributed by atoms with Crippen LogP contribution in [0.5, 0.6) is 0 Å². The Morgan fingerprint density at radius 1 is 0.682 bits per heavy atom. The zero-order chi connectivity index (χ0) is 31.1. The van der Waals surface area contributed by atoms with E-state index in [9.17, 15) is 10.1 Å². The second-order valence-corrected chi connectivity index (χ2v) is 11.2. The zero-order valence-electron chi connectivity index (χ0n) is 25.8. The summed E-state index contributed by atoms with van der Waals surface area (Å²) in [5.41, 5.74) is 9.54. The van der Waals surface area contributed by atoms with Crippen molar-refractivity contribution < 1.29 is 4.92 Å². The number of nitrogens with zero attached hydrogens (tertiary/aromatic N) is 2. The van der Waals surface area contributed by atoms with Gasteiger partial charge in [0.1, 0.15) is 0 Å². The lowest BCUT2D eigenvalue weighted by molar-refractivity contribution is -0.384. The Morgan fingerprint density at radius 2 is 1.20 bits per heavy atom. The first kappa shape index (κ1) is 30.5. The number of nitro groups is 1. The van der Waals surface area contributed by atoms with Crippen molar-refractivity contribution in [1.29, 1.82) is 0 Å². The third-order valence-corrected chi connectivity index (χ3v) is 8.23.